The number of ether oxygens (including phenoxy) is 3. The van der Waals surface area contributed by atoms with Crippen LogP contribution in [0.1, 0.15) is 28.4 Å². The molecule has 0 saturated heterocycles. The van der Waals surface area contributed by atoms with Gasteiger partial charge < -0.3 is 14.2 Å². The van der Waals surface area contributed by atoms with Crippen LogP contribution in [-0.2, 0) is 6.61 Å². The van der Waals surface area contributed by atoms with E-state index in [1.54, 1.807) is 36.4 Å². The average Bonchev–Trinajstić information content (AvgIpc) is 2.83. The van der Waals surface area contributed by atoms with E-state index in [1.165, 1.54) is 25.5 Å². The van der Waals surface area contributed by atoms with Gasteiger partial charge in [-0.3, -0.25) is 14.9 Å². The molecule has 0 heterocycles. The number of hydrazone groups is 1. The van der Waals surface area contributed by atoms with E-state index in [2.05, 4.69) is 42.4 Å². The number of amides is 1. The standard InChI is InChI=1S/C24H21Br2N3O6/c1-3-34-22-11-16(6-9-21(22)33-2)24(30)28-27-13-17-10-18(25)12-20(26)23(17)35-14-15-4-7-19(8-5-15)29(31)32/h4-13H,3,14H2,1-2H3,(H,28,30)/b27-13+. The minimum atomic E-state index is -0.456. The van der Waals surface area contributed by atoms with E-state index in [0.717, 1.165) is 10.0 Å². The summed E-state index contributed by atoms with van der Waals surface area (Å²) < 4.78 is 18.1. The summed E-state index contributed by atoms with van der Waals surface area (Å²) in [7, 11) is 1.53. The molecule has 0 saturated carbocycles. The molecule has 0 spiro atoms. The molecule has 0 aliphatic carbocycles. The molecule has 0 bridgehead atoms. The van der Waals surface area contributed by atoms with Crippen molar-refractivity contribution in [2.75, 3.05) is 13.7 Å². The Morgan fingerprint density at radius 2 is 1.83 bits per heavy atom. The number of carbonyl (C=O) groups excluding carboxylic acids is 1. The van der Waals surface area contributed by atoms with Crippen LogP contribution < -0.4 is 19.6 Å². The first-order chi connectivity index (χ1) is 16.8. The predicted molar refractivity (Wildman–Crippen MR) is 138 cm³/mol. The Hall–Kier alpha value is -3.44. The van der Waals surface area contributed by atoms with Crippen molar-refractivity contribution >= 4 is 49.7 Å². The molecule has 0 atom stereocenters. The molecule has 0 radical (unpaired) electrons. The van der Waals surface area contributed by atoms with E-state index in [0.29, 0.717) is 39.5 Å². The highest BCUT2D eigenvalue weighted by Gasteiger charge is 2.13. The molecule has 0 aliphatic heterocycles. The average molecular weight is 607 g/mol. The Balaban J connectivity index is 1.73. The lowest BCUT2D eigenvalue weighted by molar-refractivity contribution is -0.384. The van der Waals surface area contributed by atoms with Gasteiger partial charge in [0.1, 0.15) is 12.4 Å². The van der Waals surface area contributed by atoms with Gasteiger partial charge in [-0.05, 0) is 70.9 Å². The van der Waals surface area contributed by atoms with Crippen molar-refractivity contribution in [2.45, 2.75) is 13.5 Å². The number of methoxy groups -OCH3 is 1. The van der Waals surface area contributed by atoms with Crippen LogP contribution in [0.5, 0.6) is 17.2 Å². The van der Waals surface area contributed by atoms with Gasteiger partial charge >= 0.3 is 0 Å². The van der Waals surface area contributed by atoms with Gasteiger partial charge in [-0.25, -0.2) is 5.43 Å². The lowest BCUT2D eigenvalue weighted by atomic mass is 10.2. The zero-order valence-corrected chi connectivity index (χ0v) is 22.0. The van der Waals surface area contributed by atoms with E-state index in [9.17, 15) is 14.9 Å². The van der Waals surface area contributed by atoms with Crippen LogP contribution in [0.15, 0.2) is 68.6 Å². The predicted octanol–water partition coefficient (Wildman–Crippen LogP) is 5.87. The monoisotopic (exact) mass is 605 g/mol. The summed E-state index contributed by atoms with van der Waals surface area (Å²) >= 11 is 6.91. The van der Waals surface area contributed by atoms with Crippen molar-refractivity contribution in [1.82, 2.24) is 5.43 Å². The number of nitrogens with one attached hydrogen (secondary N) is 1. The van der Waals surface area contributed by atoms with Crippen molar-refractivity contribution in [3.05, 3.63) is 90.3 Å². The summed E-state index contributed by atoms with van der Waals surface area (Å²) in [5.74, 6) is 1.06. The van der Waals surface area contributed by atoms with E-state index in [1.807, 2.05) is 13.0 Å². The van der Waals surface area contributed by atoms with Crippen molar-refractivity contribution in [2.24, 2.45) is 5.10 Å². The highest BCUT2D eigenvalue weighted by atomic mass is 79.9. The van der Waals surface area contributed by atoms with Gasteiger partial charge in [-0.15, -0.1) is 0 Å². The van der Waals surface area contributed by atoms with Crippen LogP contribution in [0.3, 0.4) is 0 Å². The summed E-state index contributed by atoms with van der Waals surface area (Å²) in [6, 6.07) is 14.5. The summed E-state index contributed by atoms with van der Waals surface area (Å²) in [6.45, 7) is 2.45. The third-order valence-corrected chi connectivity index (χ3v) is 5.71. The maximum Gasteiger partial charge on any atom is 0.271 e. The number of nitro groups is 1. The molecule has 9 nitrogen and oxygen atoms in total. The quantitative estimate of drug-likeness (QED) is 0.175. The summed E-state index contributed by atoms with van der Waals surface area (Å²) in [5, 5.41) is 14.9. The maximum absolute atomic E-state index is 12.6. The number of benzene rings is 3. The van der Waals surface area contributed by atoms with Crippen LogP contribution in [0.25, 0.3) is 0 Å². The zero-order chi connectivity index (χ0) is 25.4. The third kappa shape index (κ3) is 7.03. The minimum Gasteiger partial charge on any atom is -0.493 e. The van der Waals surface area contributed by atoms with Gasteiger partial charge in [0.2, 0.25) is 0 Å². The normalized spacial score (nSPS) is 10.7. The molecule has 11 heteroatoms. The van der Waals surface area contributed by atoms with E-state index < -0.39 is 10.8 Å². The lowest BCUT2D eigenvalue weighted by Gasteiger charge is -2.12. The van der Waals surface area contributed by atoms with E-state index in [-0.39, 0.29) is 12.3 Å². The molecule has 0 unspecified atom stereocenters. The van der Waals surface area contributed by atoms with Crippen LogP contribution in [-0.4, -0.2) is 30.8 Å². The molecule has 1 N–H and O–H groups in total. The van der Waals surface area contributed by atoms with E-state index >= 15 is 0 Å². The molecule has 35 heavy (non-hydrogen) atoms. The molecule has 0 aliphatic rings. The molecule has 3 aromatic rings. The van der Waals surface area contributed by atoms with Gasteiger partial charge in [0.15, 0.2) is 11.5 Å². The number of rotatable bonds is 10. The van der Waals surface area contributed by atoms with Crippen molar-refractivity contribution < 1.29 is 23.9 Å². The maximum atomic E-state index is 12.6. The molecule has 1 amide bonds. The fourth-order valence-corrected chi connectivity index (χ4v) is 4.38. The molecule has 3 rings (SSSR count). The number of halogens is 2. The van der Waals surface area contributed by atoms with Crippen molar-refractivity contribution in [3.63, 3.8) is 0 Å². The zero-order valence-electron chi connectivity index (χ0n) is 18.8. The first-order valence-corrected chi connectivity index (χ1v) is 11.9. The smallest absolute Gasteiger partial charge is 0.271 e. The minimum absolute atomic E-state index is 0.00683. The van der Waals surface area contributed by atoms with Gasteiger partial charge in [0, 0.05) is 27.7 Å². The molecule has 182 valence electrons. The molecule has 0 fully saturated rings. The van der Waals surface area contributed by atoms with Crippen LogP contribution in [0.2, 0.25) is 0 Å². The van der Waals surface area contributed by atoms with E-state index in [4.69, 9.17) is 14.2 Å². The molecule has 0 aromatic heterocycles. The summed E-state index contributed by atoms with van der Waals surface area (Å²) in [5.41, 5.74) is 4.21. The van der Waals surface area contributed by atoms with Crippen LogP contribution in [0, 0.1) is 10.1 Å². The SMILES string of the molecule is CCOc1cc(C(=O)N/N=C/c2cc(Br)cc(Br)c2OCc2ccc([N+](=O)[O-])cc2)ccc1OC. The Kier molecular flexibility index (Phi) is 9.21. The fourth-order valence-electron chi connectivity index (χ4n) is 3.01. The van der Waals surface area contributed by atoms with Gasteiger partial charge in [0.25, 0.3) is 11.6 Å². The first-order valence-electron chi connectivity index (χ1n) is 10.3. The van der Waals surface area contributed by atoms with Gasteiger partial charge in [-0.1, -0.05) is 15.9 Å². The summed E-state index contributed by atoms with van der Waals surface area (Å²) in [4.78, 5) is 23.0. The first kappa shape index (κ1) is 26.2. The third-order valence-electron chi connectivity index (χ3n) is 4.66. The number of nitrogens with zero attached hydrogens (tertiary/aromatic N) is 2. The van der Waals surface area contributed by atoms with Crippen molar-refractivity contribution in [1.29, 1.82) is 0 Å². The summed E-state index contributed by atoms with van der Waals surface area (Å²) in [6.07, 6.45) is 1.46. The number of non-ortho nitro benzene ring substituents is 1. The fraction of sp³-hybridized carbons (Fsp3) is 0.167. The second kappa shape index (κ2) is 12.3. The van der Waals surface area contributed by atoms with Crippen molar-refractivity contribution in [3.8, 4) is 17.2 Å². The van der Waals surface area contributed by atoms with Gasteiger partial charge in [-0.2, -0.15) is 5.10 Å². The second-order valence-corrected chi connectivity index (χ2v) is 8.79. The second-order valence-electron chi connectivity index (χ2n) is 7.02. The lowest BCUT2D eigenvalue weighted by Crippen LogP contribution is -2.18. The highest BCUT2D eigenvalue weighted by molar-refractivity contribution is 9.11. The highest BCUT2D eigenvalue weighted by Crippen LogP contribution is 2.33. The van der Waals surface area contributed by atoms with Crippen LogP contribution >= 0.6 is 31.9 Å². The Bertz CT molecular complexity index is 1250. The van der Waals surface area contributed by atoms with Gasteiger partial charge in [0.05, 0.1) is 29.3 Å². The number of hydrogen-bond acceptors (Lipinski definition) is 7. The van der Waals surface area contributed by atoms with Crippen LogP contribution in [0.4, 0.5) is 5.69 Å². The number of carbonyl (C=O) groups is 1. The molecular weight excluding hydrogens is 586 g/mol. The molecule has 3 aromatic carbocycles. The molecular formula is C24H21Br2N3O6. The number of hydrogen-bond donors (Lipinski definition) is 1. The Morgan fingerprint density at radius 3 is 2.49 bits per heavy atom. The largest absolute Gasteiger partial charge is 0.493 e. The topological polar surface area (TPSA) is 112 Å². The Labute approximate surface area is 218 Å². The Morgan fingerprint density at radius 1 is 1.09 bits per heavy atom. The number of nitro benzene ring substituents is 1.